The molecule has 0 atom stereocenters. The number of thioether (sulfide) groups is 1. The molecule has 1 aliphatic heterocycles. The van der Waals surface area contributed by atoms with E-state index in [-0.39, 0.29) is 12.5 Å². The first-order valence-corrected chi connectivity index (χ1v) is 11.1. The van der Waals surface area contributed by atoms with Crippen LogP contribution in [0.15, 0.2) is 70.6 Å². The maximum Gasteiger partial charge on any atom is 0.416 e. The molecule has 1 aromatic heterocycles. The fraction of sp³-hybridized carbons (Fsp3) is 0.160. The lowest BCUT2D eigenvalue weighted by Crippen LogP contribution is -2.29. The number of aryl methyl sites for hydroxylation is 1. The van der Waals surface area contributed by atoms with Gasteiger partial charge < -0.3 is 4.57 Å². The molecule has 1 aliphatic rings. The third-order valence-corrected chi connectivity index (χ3v) is 6.31. The van der Waals surface area contributed by atoms with Crippen LogP contribution < -0.4 is 0 Å². The van der Waals surface area contributed by atoms with Crippen molar-refractivity contribution in [3.63, 3.8) is 0 Å². The number of hydrogen-bond acceptors (Lipinski definition) is 4. The van der Waals surface area contributed by atoms with Crippen LogP contribution >= 0.6 is 11.8 Å². The number of nitrogens with zero attached hydrogens (tertiary/aromatic N) is 4. The number of alkyl halides is 3. The van der Waals surface area contributed by atoms with Gasteiger partial charge in [0.2, 0.25) is 0 Å². The topological polar surface area (TPSA) is 61.4 Å². The van der Waals surface area contributed by atoms with Gasteiger partial charge in [0.1, 0.15) is 6.54 Å². The van der Waals surface area contributed by atoms with Crippen LogP contribution in [-0.2, 0) is 11.0 Å². The number of benzene rings is 2. The molecule has 0 saturated carbocycles. The molecule has 0 unspecified atom stereocenters. The monoisotopic (exact) mass is 480 g/mol. The third-order valence-electron chi connectivity index (χ3n) is 5.31. The van der Waals surface area contributed by atoms with Gasteiger partial charge in [-0.3, -0.25) is 9.69 Å². The van der Waals surface area contributed by atoms with Crippen molar-refractivity contribution in [2.75, 3.05) is 6.54 Å². The smallest absolute Gasteiger partial charge is 0.318 e. The summed E-state index contributed by atoms with van der Waals surface area (Å²) in [6.45, 7) is 3.56. The highest BCUT2D eigenvalue weighted by atomic mass is 32.2. The summed E-state index contributed by atoms with van der Waals surface area (Å²) in [7, 11) is 0. The minimum Gasteiger partial charge on any atom is -0.318 e. The number of carbonyl (C=O) groups is 1. The molecule has 1 saturated heterocycles. The van der Waals surface area contributed by atoms with Crippen molar-refractivity contribution in [3.8, 4) is 11.8 Å². The number of para-hydroxylation sites is 1. The van der Waals surface area contributed by atoms with E-state index in [1.54, 1.807) is 6.08 Å². The van der Waals surface area contributed by atoms with E-state index in [0.717, 1.165) is 29.1 Å². The van der Waals surface area contributed by atoms with Crippen LogP contribution in [0.1, 0.15) is 22.5 Å². The lowest BCUT2D eigenvalue weighted by Gasteiger charge is -2.12. The van der Waals surface area contributed by atoms with E-state index in [2.05, 4.69) is 4.99 Å². The number of nitriles is 1. The molecule has 2 aromatic carbocycles. The van der Waals surface area contributed by atoms with Crippen LogP contribution in [0.25, 0.3) is 11.8 Å². The van der Waals surface area contributed by atoms with E-state index < -0.39 is 11.7 Å². The molecule has 0 N–H and O–H groups in total. The highest BCUT2D eigenvalue weighted by Crippen LogP contribution is 2.35. The highest BCUT2D eigenvalue weighted by molar-refractivity contribution is 8.18. The van der Waals surface area contributed by atoms with Crippen LogP contribution in [-0.4, -0.2) is 27.1 Å². The average molecular weight is 481 g/mol. The Morgan fingerprint density at radius 2 is 1.76 bits per heavy atom. The molecule has 1 amide bonds. The molecule has 4 rings (SSSR count). The van der Waals surface area contributed by atoms with E-state index in [1.165, 1.54) is 28.8 Å². The van der Waals surface area contributed by atoms with E-state index in [1.807, 2.05) is 60.9 Å². The fourth-order valence-electron chi connectivity index (χ4n) is 3.69. The normalized spacial score (nSPS) is 16.5. The van der Waals surface area contributed by atoms with Gasteiger partial charge in [0, 0.05) is 17.1 Å². The Morgan fingerprint density at radius 1 is 1.09 bits per heavy atom. The lowest BCUT2D eigenvalue weighted by molar-refractivity contribution is -0.137. The Balaban J connectivity index is 1.69. The molecule has 0 spiro atoms. The molecule has 2 heterocycles. The van der Waals surface area contributed by atoms with Crippen LogP contribution in [0, 0.1) is 25.2 Å². The number of halogens is 3. The second-order valence-corrected chi connectivity index (χ2v) is 8.61. The fourth-order valence-corrected chi connectivity index (χ4v) is 4.68. The standard InChI is InChI=1S/C25H19F3N4OS/c1-16-14-18(17(2)32(16)21-10-8-19(9-11-21)25(26,27)28)15-22-23(33)31(13-12-29)24(34-22)30-20-6-4-3-5-7-20/h3-11,14-15H,13H2,1-2H3/b22-15-,30-24?. The van der Waals surface area contributed by atoms with Gasteiger partial charge in [0.25, 0.3) is 5.91 Å². The summed E-state index contributed by atoms with van der Waals surface area (Å²) < 4.78 is 40.6. The van der Waals surface area contributed by atoms with Crippen LogP contribution in [0.4, 0.5) is 18.9 Å². The minimum atomic E-state index is -4.40. The van der Waals surface area contributed by atoms with Gasteiger partial charge in [-0.25, -0.2) is 4.99 Å². The summed E-state index contributed by atoms with van der Waals surface area (Å²) in [6.07, 6.45) is -2.67. The van der Waals surface area contributed by atoms with E-state index in [0.29, 0.717) is 21.4 Å². The number of amidine groups is 1. The maximum absolute atomic E-state index is 13.0. The summed E-state index contributed by atoms with van der Waals surface area (Å²) in [5, 5.41) is 9.60. The molecule has 34 heavy (non-hydrogen) atoms. The number of aliphatic imine (C=N–C) groups is 1. The van der Waals surface area contributed by atoms with Gasteiger partial charge >= 0.3 is 6.18 Å². The lowest BCUT2D eigenvalue weighted by atomic mass is 10.2. The van der Waals surface area contributed by atoms with Gasteiger partial charge in [-0.2, -0.15) is 18.4 Å². The molecule has 5 nitrogen and oxygen atoms in total. The largest absolute Gasteiger partial charge is 0.416 e. The van der Waals surface area contributed by atoms with Crippen molar-refractivity contribution in [1.29, 1.82) is 5.26 Å². The van der Waals surface area contributed by atoms with E-state index >= 15 is 0 Å². The predicted octanol–water partition coefficient (Wildman–Crippen LogP) is 6.24. The first-order chi connectivity index (χ1) is 16.2. The van der Waals surface area contributed by atoms with Crippen LogP contribution in [0.3, 0.4) is 0 Å². The van der Waals surface area contributed by atoms with E-state index in [4.69, 9.17) is 0 Å². The minimum absolute atomic E-state index is 0.126. The van der Waals surface area contributed by atoms with Crippen molar-refractivity contribution in [2.45, 2.75) is 20.0 Å². The molecular formula is C25H19F3N4OS. The summed E-state index contributed by atoms with van der Waals surface area (Å²) in [6, 6.07) is 18.0. The van der Waals surface area contributed by atoms with Crippen LogP contribution in [0.2, 0.25) is 0 Å². The molecular weight excluding hydrogens is 461 g/mol. The SMILES string of the molecule is Cc1cc(/C=C2\SC(=Nc3ccccc3)N(CC#N)C2=O)c(C)n1-c1ccc(C(F)(F)F)cc1. The number of aromatic nitrogens is 1. The second-order valence-electron chi connectivity index (χ2n) is 7.60. The Labute approximate surface area is 198 Å². The zero-order valence-corrected chi connectivity index (χ0v) is 19.1. The highest BCUT2D eigenvalue weighted by Gasteiger charge is 2.34. The van der Waals surface area contributed by atoms with Crippen molar-refractivity contribution in [1.82, 2.24) is 9.47 Å². The van der Waals surface area contributed by atoms with Crippen molar-refractivity contribution in [3.05, 3.63) is 88.1 Å². The second kappa shape index (κ2) is 9.23. The first kappa shape index (κ1) is 23.4. The Kier molecular flexibility index (Phi) is 6.35. The summed E-state index contributed by atoms with van der Waals surface area (Å²) in [5.74, 6) is -0.319. The van der Waals surface area contributed by atoms with Crippen LogP contribution in [0.5, 0.6) is 0 Å². The third kappa shape index (κ3) is 4.63. The summed E-state index contributed by atoms with van der Waals surface area (Å²) >= 11 is 1.18. The zero-order chi connectivity index (χ0) is 24.5. The average Bonchev–Trinajstić information content (AvgIpc) is 3.24. The number of amides is 1. The number of rotatable bonds is 4. The Morgan fingerprint density at radius 3 is 2.38 bits per heavy atom. The van der Waals surface area contributed by atoms with Gasteiger partial charge in [-0.1, -0.05) is 18.2 Å². The molecule has 172 valence electrons. The molecule has 0 aliphatic carbocycles. The summed E-state index contributed by atoms with van der Waals surface area (Å²) in [4.78, 5) is 19.3. The number of carbonyl (C=O) groups excluding carboxylic acids is 1. The maximum atomic E-state index is 13.0. The molecule has 0 radical (unpaired) electrons. The molecule has 9 heteroatoms. The molecule has 1 fully saturated rings. The molecule has 3 aromatic rings. The quantitative estimate of drug-likeness (QED) is 0.328. The summed E-state index contributed by atoms with van der Waals surface area (Å²) in [5.41, 5.74) is 2.89. The first-order valence-electron chi connectivity index (χ1n) is 10.3. The number of hydrogen-bond donors (Lipinski definition) is 0. The van der Waals surface area contributed by atoms with E-state index in [9.17, 15) is 23.2 Å². The zero-order valence-electron chi connectivity index (χ0n) is 18.3. The Bertz CT molecular complexity index is 1330. The van der Waals surface area contributed by atoms with Gasteiger partial charge in [0.15, 0.2) is 5.17 Å². The Hall–Kier alpha value is -3.77. The molecule has 0 bridgehead atoms. The van der Waals surface area contributed by atoms with Crippen molar-refractivity contribution < 1.29 is 18.0 Å². The van der Waals surface area contributed by atoms with Gasteiger partial charge in [-0.05, 0) is 79.7 Å². The van der Waals surface area contributed by atoms with Crippen molar-refractivity contribution >= 4 is 34.6 Å². The van der Waals surface area contributed by atoms with Gasteiger partial charge in [-0.15, -0.1) is 0 Å². The van der Waals surface area contributed by atoms with Crippen molar-refractivity contribution in [2.24, 2.45) is 4.99 Å². The predicted molar refractivity (Wildman–Crippen MR) is 127 cm³/mol. The van der Waals surface area contributed by atoms with Gasteiger partial charge in [0.05, 0.1) is 22.2 Å².